The van der Waals surface area contributed by atoms with Crippen LogP contribution in [0.1, 0.15) is 0 Å². The fourth-order valence-corrected chi connectivity index (χ4v) is 4.55. The number of rotatable bonds is 10. The van der Waals surface area contributed by atoms with Gasteiger partial charge in [0.05, 0.1) is 34.9 Å². The first kappa shape index (κ1) is 23.8. The van der Waals surface area contributed by atoms with Crippen LogP contribution >= 0.6 is 0 Å². The fraction of sp³-hybridized carbons (Fsp3) is 0.174. The third kappa shape index (κ3) is 4.96. The molecule has 12 heteroatoms. The molecule has 0 N–H and O–H groups in total. The first-order valence-corrected chi connectivity index (χ1v) is 11.7. The molecule has 4 aromatic rings. The van der Waals surface area contributed by atoms with Crippen LogP contribution in [0.2, 0.25) is 0 Å². The van der Waals surface area contributed by atoms with E-state index in [2.05, 4.69) is 5.10 Å². The second kappa shape index (κ2) is 9.89. The smallest absolute Gasteiger partial charge is 0.283 e. The maximum atomic E-state index is 13.3. The highest BCUT2D eigenvalue weighted by Crippen LogP contribution is 2.31. The molecule has 0 aliphatic heterocycles. The number of benzene rings is 3. The van der Waals surface area contributed by atoms with Crippen molar-refractivity contribution < 1.29 is 32.3 Å². The number of nitro groups is 1. The number of ether oxygens (including phenoxy) is 4. The maximum Gasteiger partial charge on any atom is 0.283 e. The molecule has 1 heterocycles. The SMILES string of the molecule is COc1ccc(S(=O)(=O)n2nc(OCCOc3ccc([N+](=O)[O-])cc3)c3cc(OC)ccc32)cc1. The summed E-state index contributed by atoms with van der Waals surface area (Å²) in [6, 6.07) is 16.5. The highest BCUT2D eigenvalue weighted by Gasteiger charge is 2.24. The van der Waals surface area contributed by atoms with Gasteiger partial charge in [0.25, 0.3) is 15.7 Å². The van der Waals surface area contributed by atoms with Crippen LogP contribution in [0.4, 0.5) is 5.69 Å². The Hall–Kier alpha value is -4.32. The summed E-state index contributed by atoms with van der Waals surface area (Å²) < 4.78 is 49.2. The van der Waals surface area contributed by atoms with Gasteiger partial charge in [-0.15, -0.1) is 9.19 Å². The molecule has 0 aliphatic carbocycles. The van der Waals surface area contributed by atoms with Gasteiger partial charge < -0.3 is 18.9 Å². The van der Waals surface area contributed by atoms with E-state index in [4.69, 9.17) is 18.9 Å². The molecular formula is C23H21N3O8S. The van der Waals surface area contributed by atoms with Gasteiger partial charge in [-0.25, -0.2) is 0 Å². The third-order valence-electron chi connectivity index (χ3n) is 5.05. The van der Waals surface area contributed by atoms with Gasteiger partial charge in [-0.1, -0.05) is 0 Å². The van der Waals surface area contributed by atoms with Crippen LogP contribution in [-0.2, 0) is 10.0 Å². The van der Waals surface area contributed by atoms with E-state index in [1.807, 2.05) is 0 Å². The van der Waals surface area contributed by atoms with Gasteiger partial charge in [0.15, 0.2) is 0 Å². The predicted octanol–water partition coefficient (Wildman–Crippen LogP) is 3.66. The molecule has 0 unspecified atom stereocenters. The molecule has 35 heavy (non-hydrogen) atoms. The summed E-state index contributed by atoms with van der Waals surface area (Å²) in [5, 5.41) is 15.4. The normalized spacial score (nSPS) is 11.3. The molecule has 0 fully saturated rings. The van der Waals surface area contributed by atoms with E-state index in [1.165, 1.54) is 50.6 Å². The van der Waals surface area contributed by atoms with Crippen molar-refractivity contribution in [3.05, 3.63) is 76.8 Å². The van der Waals surface area contributed by atoms with E-state index < -0.39 is 14.9 Å². The molecule has 182 valence electrons. The van der Waals surface area contributed by atoms with Crippen molar-refractivity contribution >= 4 is 26.6 Å². The second-order valence-electron chi connectivity index (χ2n) is 7.16. The molecule has 0 saturated carbocycles. The van der Waals surface area contributed by atoms with Crippen LogP contribution < -0.4 is 18.9 Å². The zero-order valence-corrected chi connectivity index (χ0v) is 19.6. The molecule has 3 aromatic carbocycles. The van der Waals surface area contributed by atoms with E-state index in [9.17, 15) is 18.5 Å². The Balaban J connectivity index is 1.57. The standard InChI is InChI=1S/C23H21N3O8S/c1-31-17-7-10-20(11-8-17)35(29,30)25-22-12-9-19(32-2)15-21(22)23(24-25)34-14-13-33-18-5-3-16(4-6-18)26(27)28/h3-12,15H,13-14H2,1-2H3. The summed E-state index contributed by atoms with van der Waals surface area (Å²) in [5.74, 6) is 1.54. The molecule has 0 atom stereocenters. The zero-order valence-electron chi connectivity index (χ0n) is 18.8. The minimum absolute atomic E-state index is 0.0339. The second-order valence-corrected chi connectivity index (χ2v) is 8.93. The average Bonchev–Trinajstić information content (AvgIpc) is 3.25. The summed E-state index contributed by atoms with van der Waals surface area (Å²) in [6.07, 6.45) is 0. The summed E-state index contributed by atoms with van der Waals surface area (Å²) in [7, 11) is -1.04. The van der Waals surface area contributed by atoms with Gasteiger partial charge in [-0.2, -0.15) is 8.42 Å². The Labute approximate surface area is 200 Å². The van der Waals surface area contributed by atoms with Crippen molar-refractivity contribution in [2.45, 2.75) is 4.90 Å². The summed E-state index contributed by atoms with van der Waals surface area (Å²) in [4.78, 5) is 10.3. The number of aromatic nitrogens is 2. The van der Waals surface area contributed by atoms with Gasteiger partial charge in [-0.3, -0.25) is 10.1 Å². The number of fused-ring (bicyclic) bond motifs is 1. The lowest BCUT2D eigenvalue weighted by molar-refractivity contribution is -0.384. The Morgan fingerprint density at radius 1 is 0.857 bits per heavy atom. The number of nitro benzene ring substituents is 1. The molecule has 0 spiro atoms. The van der Waals surface area contributed by atoms with Crippen LogP contribution in [0.25, 0.3) is 10.9 Å². The maximum absolute atomic E-state index is 13.3. The van der Waals surface area contributed by atoms with Crippen LogP contribution in [0.15, 0.2) is 71.6 Å². The van der Waals surface area contributed by atoms with Crippen molar-refractivity contribution in [3.63, 3.8) is 0 Å². The van der Waals surface area contributed by atoms with Crippen LogP contribution in [0.3, 0.4) is 0 Å². The predicted molar refractivity (Wildman–Crippen MR) is 126 cm³/mol. The van der Waals surface area contributed by atoms with E-state index in [0.29, 0.717) is 28.2 Å². The van der Waals surface area contributed by atoms with Crippen LogP contribution in [0.5, 0.6) is 23.1 Å². The van der Waals surface area contributed by atoms with E-state index >= 15 is 0 Å². The number of hydrogen-bond donors (Lipinski definition) is 0. The quantitative estimate of drug-likeness (QED) is 0.182. The first-order chi connectivity index (χ1) is 16.8. The molecule has 0 amide bonds. The molecule has 0 aliphatic rings. The van der Waals surface area contributed by atoms with Gasteiger partial charge >= 0.3 is 0 Å². The van der Waals surface area contributed by atoms with Crippen LogP contribution in [-0.4, -0.2) is 50.0 Å². The Kier molecular flexibility index (Phi) is 6.73. The van der Waals surface area contributed by atoms with Crippen LogP contribution in [0, 0.1) is 10.1 Å². The topological polar surface area (TPSA) is 132 Å². The zero-order chi connectivity index (χ0) is 25.0. The molecule has 11 nitrogen and oxygen atoms in total. The van der Waals surface area contributed by atoms with Crippen molar-refractivity contribution in [1.29, 1.82) is 0 Å². The molecule has 0 saturated heterocycles. The number of nitrogens with zero attached hydrogens (tertiary/aromatic N) is 3. The Bertz CT molecular complexity index is 1450. The summed E-state index contributed by atoms with van der Waals surface area (Å²) in [6.45, 7) is 0.143. The van der Waals surface area contributed by atoms with Crippen molar-refractivity contribution in [2.75, 3.05) is 27.4 Å². The minimum atomic E-state index is -4.03. The van der Waals surface area contributed by atoms with E-state index in [1.54, 1.807) is 30.3 Å². The van der Waals surface area contributed by atoms with Gasteiger partial charge in [0.2, 0.25) is 5.88 Å². The highest BCUT2D eigenvalue weighted by atomic mass is 32.2. The third-order valence-corrected chi connectivity index (χ3v) is 6.65. The number of hydrogen-bond acceptors (Lipinski definition) is 9. The lowest BCUT2D eigenvalue weighted by Crippen LogP contribution is -2.15. The largest absolute Gasteiger partial charge is 0.497 e. The Morgan fingerprint density at radius 2 is 1.46 bits per heavy atom. The first-order valence-electron chi connectivity index (χ1n) is 10.3. The van der Waals surface area contributed by atoms with E-state index in [-0.39, 0.29) is 29.7 Å². The fourth-order valence-electron chi connectivity index (χ4n) is 3.27. The lowest BCUT2D eigenvalue weighted by atomic mass is 10.2. The molecule has 0 radical (unpaired) electrons. The van der Waals surface area contributed by atoms with Gasteiger partial charge in [0, 0.05) is 12.1 Å². The summed E-state index contributed by atoms with van der Waals surface area (Å²) in [5.41, 5.74) is 0.269. The average molecular weight is 500 g/mol. The number of methoxy groups -OCH3 is 2. The van der Waals surface area contributed by atoms with Crippen molar-refractivity contribution in [1.82, 2.24) is 9.19 Å². The van der Waals surface area contributed by atoms with E-state index in [0.717, 1.165) is 4.09 Å². The molecule has 0 bridgehead atoms. The minimum Gasteiger partial charge on any atom is -0.497 e. The lowest BCUT2D eigenvalue weighted by Gasteiger charge is -2.07. The van der Waals surface area contributed by atoms with Crippen molar-refractivity contribution in [3.8, 4) is 23.1 Å². The number of non-ortho nitro benzene ring substituents is 1. The molecule has 4 rings (SSSR count). The summed E-state index contributed by atoms with van der Waals surface area (Å²) >= 11 is 0. The molecule has 1 aromatic heterocycles. The van der Waals surface area contributed by atoms with Gasteiger partial charge in [-0.05, 0) is 54.6 Å². The molecular weight excluding hydrogens is 478 g/mol. The monoisotopic (exact) mass is 499 g/mol. The van der Waals surface area contributed by atoms with Crippen molar-refractivity contribution in [2.24, 2.45) is 0 Å². The Morgan fingerprint density at radius 3 is 2.09 bits per heavy atom. The van der Waals surface area contributed by atoms with Gasteiger partial charge in [0.1, 0.15) is 30.5 Å². The highest BCUT2D eigenvalue weighted by molar-refractivity contribution is 7.90.